The number of alkyl halides is 4. The van der Waals surface area contributed by atoms with E-state index in [-0.39, 0.29) is 0 Å². The van der Waals surface area contributed by atoms with Gasteiger partial charge in [-0.1, -0.05) is 38.1 Å². The molecule has 0 aliphatic carbocycles. The lowest BCUT2D eigenvalue weighted by atomic mass is 10.1. The van der Waals surface area contributed by atoms with E-state index in [4.69, 9.17) is 0 Å². The van der Waals surface area contributed by atoms with Crippen LogP contribution in [-0.4, -0.2) is 28.3 Å². The number of sulfone groups is 2. The van der Waals surface area contributed by atoms with Crippen LogP contribution in [0.4, 0.5) is 17.6 Å². The zero-order valence-corrected chi connectivity index (χ0v) is 13.3. The Morgan fingerprint density at radius 3 is 1.14 bits per heavy atom. The molecule has 10 heteroatoms. The summed E-state index contributed by atoms with van der Waals surface area (Å²) in [6.07, 6.45) is 0. The highest BCUT2D eigenvalue weighted by molar-refractivity contribution is 7.92. The van der Waals surface area contributed by atoms with Gasteiger partial charge in [0.05, 0.1) is 11.5 Å². The van der Waals surface area contributed by atoms with Crippen molar-refractivity contribution in [1.82, 2.24) is 0 Å². The highest BCUT2D eigenvalue weighted by Gasteiger charge is 2.48. The Kier molecular flexibility index (Phi) is 4.98. The van der Waals surface area contributed by atoms with Crippen LogP contribution < -0.4 is 0 Å². The smallest absolute Gasteiger partial charge is 0.222 e. The minimum atomic E-state index is -4.77. The summed E-state index contributed by atoms with van der Waals surface area (Å²) in [4.78, 5) is 0. The van der Waals surface area contributed by atoms with Gasteiger partial charge in [0.15, 0.2) is 0 Å². The monoisotopic (exact) mass is 362 g/mol. The van der Waals surface area contributed by atoms with E-state index in [1.807, 2.05) is 0 Å². The third-order valence-electron chi connectivity index (χ3n) is 3.10. The third-order valence-corrected chi connectivity index (χ3v) is 6.65. The fourth-order valence-corrected chi connectivity index (χ4v) is 3.30. The quantitative estimate of drug-likeness (QED) is 0.730. The first kappa shape index (κ1) is 18.9. The van der Waals surface area contributed by atoms with Gasteiger partial charge in [0.25, 0.3) is 0 Å². The molecule has 0 fully saturated rings. The second kappa shape index (κ2) is 5.80. The van der Waals surface area contributed by atoms with Gasteiger partial charge >= 0.3 is 10.5 Å². The lowest BCUT2D eigenvalue weighted by Crippen LogP contribution is -2.29. The van der Waals surface area contributed by atoms with Gasteiger partial charge < -0.3 is 0 Å². The summed E-state index contributed by atoms with van der Waals surface area (Å²) < 4.78 is 100. The largest absolute Gasteiger partial charge is 0.370 e. The van der Waals surface area contributed by atoms with Gasteiger partial charge in [0.2, 0.25) is 19.7 Å². The molecule has 0 N–H and O–H groups in total. The zero-order chi connectivity index (χ0) is 17.4. The van der Waals surface area contributed by atoms with Crippen LogP contribution in [0.3, 0.4) is 0 Å². The molecule has 22 heavy (non-hydrogen) atoms. The summed E-state index contributed by atoms with van der Waals surface area (Å²) in [5.41, 5.74) is -1.99. The summed E-state index contributed by atoms with van der Waals surface area (Å²) in [5.74, 6) is -1.66. The molecule has 0 amide bonds. The van der Waals surface area contributed by atoms with E-state index >= 15 is 0 Å². The van der Waals surface area contributed by atoms with E-state index in [2.05, 4.69) is 0 Å². The number of halogens is 4. The molecule has 0 bridgehead atoms. The second-order valence-corrected chi connectivity index (χ2v) is 9.06. The Morgan fingerprint density at radius 2 is 0.955 bits per heavy atom. The molecule has 0 aliphatic heterocycles. The van der Waals surface area contributed by atoms with Crippen LogP contribution in [0.2, 0.25) is 0 Å². The van der Waals surface area contributed by atoms with Crippen LogP contribution in [0.5, 0.6) is 0 Å². The highest BCUT2D eigenvalue weighted by atomic mass is 32.2. The van der Waals surface area contributed by atoms with Crippen molar-refractivity contribution in [3.8, 4) is 0 Å². The maximum atomic E-state index is 13.8. The predicted molar refractivity (Wildman–Crippen MR) is 73.2 cm³/mol. The van der Waals surface area contributed by atoms with Crippen molar-refractivity contribution in [1.29, 1.82) is 0 Å². The molecule has 0 aromatic heterocycles. The number of hydrogen-bond donors (Lipinski definition) is 0. The maximum absolute atomic E-state index is 13.8. The van der Waals surface area contributed by atoms with Crippen LogP contribution in [0.25, 0.3) is 0 Å². The van der Waals surface area contributed by atoms with E-state index in [0.29, 0.717) is 24.3 Å². The number of rotatable bonds is 6. The van der Waals surface area contributed by atoms with Gasteiger partial charge in [0.1, 0.15) is 0 Å². The Bertz CT molecular complexity index is 673. The average molecular weight is 362 g/mol. The van der Waals surface area contributed by atoms with E-state index < -0.39 is 52.8 Å². The first-order valence-corrected chi connectivity index (χ1v) is 9.45. The van der Waals surface area contributed by atoms with Crippen molar-refractivity contribution >= 4 is 19.7 Å². The van der Waals surface area contributed by atoms with Gasteiger partial charge in [-0.3, -0.25) is 0 Å². The third kappa shape index (κ3) is 2.98. The molecule has 1 aromatic carbocycles. The van der Waals surface area contributed by atoms with Crippen LogP contribution in [-0.2, 0) is 30.2 Å². The standard InChI is InChI=1S/C12H14F4O4S2/c1-3-21(17,18)11(13,14)9-5-7-10(8-6-9)12(15,16)22(19,20)4-2/h5-8H,3-4H2,1-2H3. The minimum Gasteiger partial charge on any atom is -0.222 e. The molecule has 0 atom stereocenters. The van der Waals surface area contributed by atoms with Crippen molar-refractivity contribution in [3.63, 3.8) is 0 Å². The van der Waals surface area contributed by atoms with Gasteiger partial charge in [-0.2, -0.15) is 17.6 Å². The lowest BCUT2D eigenvalue weighted by molar-refractivity contribution is 0.0867. The van der Waals surface area contributed by atoms with Gasteiger partial charge in [-0.25, -0.2) is 16.8 Å². The van der Waals surface area contributed by atoms with Crippen molar-refractivity contribution in [2.75, 3.05) is 11.5 Å². The Labute approximate surface area is 126 Å². The first-order valence-electron chi connectivity index (χ1n) is 6.14. The summed E-state index contributed by atoms with van der Waals surface area (Å²) in [6, 6.07) is 1.95. The summed E-state index contributed by atoms with van der Waals surface area (Å²) in [6.45, 7) is 2.05. The molecule has 0 radical (unpaired) electrons. The lowest BCUT2D eigenvalue weighted by Gasteiger charge is -2.19. The topological polar surface area (TPSA) is 68.3 Å². The number of hydrogen-bond acceptors (Lipinski definition) is 4. The van der Waals surface area contributed by atoms with Crippen LogP contribution in [0.1, 0.15) is 25.0 Å². The molecule has 1 rings (SSSR count). The predicted octanol–water partition coefficient (Wildman–Crippen LogP) is 2.65. The van der Waals surface area contributed by atoms with Crippen LogP contribution in [0.15, 0.2) is 24.3 Å². The Morgan fingerprint density at radius 1 is 0.727 bits per heavy atom. The molecule has 0 unspecified atom stereocenters. The SMILES string of the molecule is CCS(=O)(=O)C(F)(F)c1ccc(C(F)(F)S(=O)(=O)CC)cc1. The molecule has 0 saturated carbocycles. The van der Waals surface area contributed by atoms with Crippen LogP contribution in [0, 0.1) is 0 Å². The van der Waals surface area contributed by atoms with Gasteiger partial charge in [0, 0.05) is 11.1 Å². The van der Waals surface area contributed by atoms with E-state index in [9.17, 15) is 34.4 Å². The normalized spacial score (nSPS) is 14.1. The summed E-state index contributed by atoms with van der Waals surface area (Å²) in [5, 5.41) is -8.47. The molecule has 0 aliphatic rings. The first-order chi connectivity index (χ1) is 9.83. The Hall–Kier alpha value is -1.16. The van der Waals surface area contributed by atoms with E-state index in [0.717, 1.165) is 13.8 Å². The van der Waals surface area contributed by atoms with Crippen molar-refractivity contribution in [2.24, 2.45) is 0 Å². The van der Waals surface area contributed by atoms with Crippen molar-refractivity contribution < 1.29 is 34.4 Å². The Balaban J connectivity index is 3.33. The number of benzene rings is 1. The average Bonchev–Trinajstić information content (AvgIpc) is 2.46. The molecule has 4 nitrogen and oxygen atoms in total. The fourth-order valence-electron chi connectivity index (χ4n) is 1.58. The molecule has 1 aromatic rings. The van der Waals surface area contributed by atoms with E-state index in [1.54, 1.807) is 0 Å². The molecular formula is C12H14F4O4S2. The summed E-state index contributed by atoms with van der Waals surface area (Å²) >= 11 is 0. The molecular weight excluding hydrogens is 348 g/mol. The minimum absolute atomic E-state index is 0.488. The molecule has 0 heterocycles. The summed E-state index contributed by atoms with van der Waals surface area (Å²) in [7, 11) is -9.54. The van der Waals surface area contributed by atoms with Crippen molar-refractivity contribution in [3.05, 3.63) is 35.4 Å². The molecule has 126 valence electrons. The fraction of sp³-hybridized carbons (Fsp3) is 0.500. The van der Waals surface area contributed by atoms with E-state index in [1.165, 1.54) is 0 Å². The molecule has 0 spiro atoms. The van der Waals surface area contributed by atoms with Crippen LogP contribution >= 0.6 is 0 Å². The van der Waals surface area contributed by atoms with Gasteiger partial charge in [-0.05, 0) is 0 Å². The second-order valence-electron chi connectivity index (χ2n) is 4.42. The maximum Gasteiger partial charge on any atom is 0.370 e. The van der Waals surface area contributed by atoms with Gasteiger partial charge in [-0.15, -0.1) is 0 Å². The highest BCUT2D eigenvalue weighted by Crippen LogP contribution is 2.38. The molecule has 0 saturated heterocycles. The van der Waals surface area contributed by atoms with Crippen molar-refractivity contribution in [2.45, 2.75) is 24.4 Å². The zero-order valence-electron chi connectivity index (χ0n) is 11.7.